The van der Waals surface area contributed by atoms with Gasteiger partial charge in [0.1, 0.15) is 6.54 Å². The number of ether oxygens (including phenoxy) is 1. The average molecular weight is 366 g/mol. The summed E-state index contributed by atoms with van der Waals surface area (Å²) in [5, 5.41) is 5.68. The number of carbonyl (C=O) groups is 1. The molecule has 1 aromatic carbocycles. The van der Waals surface area contributed by atoms with E-state index in [0.29, 0.717) is 30.8 Å². The lowest BCUT2D eigenvalue weighted by Gasteiger charge is -2.22. The second kappa shape index (κ2) is 8.55. The monoisotopic (exact) mass is 366 g/mol. The molecule has 7 nitrogen and oxygen atoms in total. The summed E-state index contributed by atoms with van der Waals surface area (Å²) in [6, 6.07) is 12.8. The van der Waals surface area contributed by atoms with Crippen molar-refractivity contribution < 1.29 is 9.53 Å². The highest BCUT2D eigenvalue weighted by Gasteiger charge is 2.17. The first-order valence-corrected chi connectivity index (χ1v) is 8.73. The van der Waals surface area contributed by atoms with Gasteiger partial charge in [-0.2, -0.15) is 5.10 Å². The standard InChI is InChI=1S/C20H22N4O3/c1-15-17-8-3-4-9-18(17)20(26)24(22-15)14-19(25)23(11-12-27-2)13-16-7-5-6-10-21-16/h3-10H,11-14H2,1-2H3. The molecule has 2 heterocycles. The molecule has 0 spiro atoms. The zero-order chi connectivity index (χ0) is 19.2. The minimum absolute atomic E-state index is 0.124. The van der Waals surface area contributed by atoms with E-state index < -0.39 is 0 Å². The van der Waals surface area contributed by atoms with Crippen LogP contribution in [0.25, 0.3) is 10.8 Å². The highest BCUT2D eigenvalue weighted by Crippen LogP contribution is 2.12. The highest BCUT2D eigenvalue weighted by molar-refractivity contribution is 5.83. The van der Waals surface area contributed by atoms with Crippen LogP contribution >= 0.6 is 0 Å². The van der Waals surface area contributed by atoms with Crippen LogP contribution in [-0.2, 0) is 22.6 Å². The highest BCUT2D eigenvalue weighted by atomic mass is 16.5. The second-order valence-corrected chi connectivity index (χ2v) is 6.22. The van der Waals surface area contributed by atoms with E-state index in [2.05, 4.69) is 10.1 Å². The summed E-state index contributed by atoms with van der Waals surface area (Å²) >= 11 is 0. The van der Waals surface area contributed by atoms with Gasteiger partial charge in [-0.3, -0.25) is 14.6 Å². The summed E-state index contributed by atoms with van der Waals surface area (Å²) in [4.78, 5) is 31.5. The largest absolute Gasteiger partial charge is 0.383 e. The van der Waals surface area contributed by atoms with Gasteiger partial charge in [-0.05, 0) is 25.1 Å². The number of benzene rings is 1. The third kappa shape index (κ3) is 4.38. The predicted octanol–water partition coefficient (Wildman–Crippen LogP) is 1.78. The van der Waals surface area contributed by atoms with Gasteiger partial charge in [-0.15, -0.1) is 0 Å². The van der Waals surface area contributed by atoms with Gasteiger partial charge in [0.25, 0.3) is 5.56 Å². The molecule has 0 saturated heterocycles. The molecule has 0 aliphatic rings. The van der Waals surface area contributed by atoms with Crippen LogP contribution in [0.3, 0.4) is 0 Å². The van der Waals surface area contributed by atoms with Gasteiger partial charge in [-0.25, -0.2) is 4.68 Å². The maximum atomic E-state index is 12.9. The number of pyridine rings is 1. The van der Waals surface area contributed by atoms with Crippen molar-refractivity contribution in [2.24, 2.45) is 0 Å². The second-order valence-electron chi connectivity index (χ2n) is 6.22. The molecule has 3 aromatic rings. The molecule has 0 N–H and O–H groups in total. The summed E-state index contributed by atoms with van der Waals surface area (Å²) in [5.74, 6) is -0.206. The molecule has 2 aromatic heterocycles. The van der Waals surface area contributed by atoms with Crippen LogP contribution in [0.15, 0.2) is 53.5 Å². The van der Waals surface area contributed by atoms with Gasteiger partial charge in [0.15, 0.2) is 0 Å². The van der Waals surface area contributed by atoms with Crippen molar-refractivity contribution in [2.75, 3.05) is 20.3 Å². The number of rotatable bonds is 7. The Hall–Kier alpha value is -3.06. The summed E-state index contributed by atoms with van der Waals surface area (Å²) in [6.45, 7) is 2.87. The first kappa shape index (κ1) is 18.7. The Morgan fingerprint density at radius 1 is 1.15 bits per heavy atom. The Morgan fingerprint density at radius 2 is 1.89 bits per heavy atom. The molecule has 1 amide bonds. The van der Waals surface area contributed by atoms with Crippen LogP contribution in [-0.4, -0.2) is 45.8 Å². The van der Waals surface area contributed by atoms with Crippen molar-refractivity contribution in [1.29, 1.82) is 0 Å². The molecule has 0 saturated carbocycles. The molecule has 0 atom stereocenters. The van der Waals surface area contributed by atoms with E-state index in [9.17, 15) is 9.59 Å². The summed E-state index contributed by atoms with van der Waals surface area (Å²) < 4.78 is 6.35. The maximum Gasteiger partial charge on any atom is 0.275 e. The number of hydrogen-bond donors (Lipinski definition) is 0. The molecular weight excluding hydrogens is 344 g/mol. The minimum atomic E-state index is -0.269. The van der Waals surface area contributed by atoms with E-state index in [0.717, 1.165) is 11.1 Å². The third-order valence-corrected chi connectivity index (χ3v) is 4.33. The van der Waals surface area contributed by atoms with Gasteiger partial charge in [0.2, 0.25) is 5.91 Å². The van der Waals surface area contributed by atoms with Crippen LogP contribution in [0, 0.1) is 6.92 Å². The lowest BCUT2D eigenvalue weighted by Crippen LogP contribution is -2.39. The van der Waals surface area contributed by atoms with Crippen molar-refractivity contribution in [1.82, 2.24) is 19.7 Å². The third-order valence-electron chi connectivity index (χ3n) is 4.33. The number of fused-ring (bicyclic) bond motifs is 1. The normalized spacial score (nSPS) is 10.9. The topological polar surface area (TPSA) is 77.3 Å². The Morgan fingerprint density at radius 3 is 2.59 bits per heavy atom. The molecule has 0 fully saturated rings. The quantitative estimate of drug-likeness (QED) is 0.637. The molecular formula is C20H22N4O3. The first-order valence-electron chi connectivity index (χ1n) is 8.73. The fourth-order valence-electron chi connectivity index (χ4n) is 2.92. The van der Waals surface area contributed by atoms with Gasteiger partial charge < -0.3 is 9.64 Å². The Bertz CT molecular complexity index is 985. The van der Waals surface area contributed by atoms with Crippen LogP contribution in [0.4, 0.5) is 0 Å². The predicted molar refractivity (Wildman–Crippen MR) is 102 cm³/mol. The van der Waals surface area contributed by atoms with E-state index in [1.807, 2.05) is 37.3 Å². The number of amides is 1. The van der Waals surface area contributed by atoms with Crippen molar-refractivity contribution in [3.05, 3.63) is 70.4 Å². The number of hydrogen-bond acceptors (Lipinski definition) is 5. The maximum absolute atomic E-state index is 12.9. The van der Waals surface area contributed by atoms with E-state index >= 15 is 0 Å². The van der Waals surface area contributed by atoms with Crippen LogP contribution in [0.2, 0.25) is 0 Å². The van der Waals surface area contributed by atoms with Crippen LogP contribution < -0.4 is 5.56 Å². The molecule has 0 aliphatic heterocycles. The van der Waals surface area contributed by atoms with E-state index in [1.165, 1.54) is 4.68 Å². The van der Waals surface area contributed by atoms with E-state index in [4.69, 9.17) is 4.74 Å². The Balaban J connectivity index is 1.85. The summed E-state index contributed by atoms with van der Waals surface area (Å²) in [6.07, 6.45) is 1.69. The SMILES string of the molecule is COCCN(Cc1ccccn1)C(=O)Cn1nc(C)c2ccccc2c1=O. The molecule has 3 rings (SSSR count). The molecule has 140 valence electrons. The smallest absolute Gasteiger partial charge is 0.275 e. The average Bonchev–Trinajstić information content (AvgIpc) is 2.70. The zero-order valence-corrected chi connectivity index (χ0v) is 15.5. The summed E-state index contributed by atoms with van der Waals surface area (Å²) in [7, 11) is 1.59. The molecule has 0 aliphatic carbocycles. The van der Waals surface area contributed by atoms with Gasteiger partial charge >= 0.3 is 0 Å². The van der Waals surface area contributed by atoms with Gasteiger partial charge in [0.05, 0.1) is 29.9 Å². The van der Waals surface area contributed by atoms with Crippen molar-refractivity contribution >= 4 is 16.7 Å². The molecule has 0 radical (unpaired) electrons. The van der Waals surface area contributed by atoms with Gasteiger partial charge in [-0.1, -0.05) is 24.3 Å². The number of aromatic nitrogens is 3. The summed E-state index contributed by atoms with van der Waals surface area (Å²) in [5.41, 5.74) is 1.22. The molecule has 0 bridgehead atoms. The fourth-order valence-corrected chi connectivity index (χ4v) is 2.92. The number of methoxy groups -OCH3 is 1. The lowest BCUT2D eigenvalue weighted by atomic mass is 10.1. The minimum Gasteiger partial charge on any atom is -0.383 e. The van der Waals surface area contributed by atoms with Crippen LogP contribution in [0.1, 0.15) is 11.4 Å². The van der Waals surface area contributed by atoms with E-state index in [1.54, 1.807) is 30.3 Å². The van der Waals surface area contributed by atoms with Crippen molar-refractivity contribution in [2.45, 2.75) is 20.0 Å². The van der Waals surface area contributed by atoms with Crippen molar-refractivity contribution in [3.8, 4) is 0 Å². The number of carbonyl (C=O) groups excluding carboxylic acids is 1. The van der Waals surface area contributed by atoms with Crippen LogP contribution in [0.5, 0.6) is 0 Å². The number of nitrogens with zero attached hydrogens (tertiary/aromatic N) is 4. The van der Waals surface area contributed by atoms with Crippen molar-refractivity contribution in [3.63, 3.8) is 0 Å². The molecule has 27 heavy (non-hydrogen) atoms. The van der Waals surface area contributed by atoms with Gasteiger partial charge in [0, 0.05) is 25.2 Å². The molecule has 0 unspecified atom stereocenters. The first-order chi connectivity index (χ1) is 13.1. The fraction of sp³-hybridized carbons (Fsp3) is 0.300. The van der Waals surface area contributed by atoms with E-state index in [-0.39, 0.29) is 18.0 Å². The Labute approximate surface area is 157 Å². The Kier molecular flexibility index (Phi) is 5.93. The molecule has 7 heteroatoms. The zero-order valence-electron chi connectivity index (χ0n) is 15.5. The lowest BCUT2D eigenvalue weighted by molar-refractivity contribution is -0.133. The number of aryl methyl sites for hydroxylation is 1.